The third-order valence-electron chi connectivity index (χ3n) is 10.8. The number of carbonyl (C=O) groups is 2. The summed E-state index contributed by atoms with van der Waals surface area (Å²) in [6.07, 6.45) is 4.57. The maximum absolute atomic E-state index is 12.9. The molecule has 1 spiro atoms. The molecule has 9 atom stereocenters. The van der Waals surface area contributed by atoms with Gasteiger partial charge in [-0.15, -0.1) is 0 Å². The van der Waals surface area contributed by atoms with E-state index >= 15 is 0 Å². The van der Waals surface area contributed by atoms with E-state index in [1.54, 1.807) is 0 Å². The Hall–Kier alpha value is -1.87. The average molecular weight is 411 g/mol. The summed E-state index contributed by atoms with van der Waals surface area (Å²) in [4.78, 5) is 25.0. The minimum absolute atomic E-state index is 0.0255. The number of hydrogen-bond donors (Lipinski definition) is 2. The van der Waals surface area contributed by atoms with Gasteiger partial charge in [-0.05, 0) is 61.7 Å². The Labute approximate surface area is 176 Å². The normalized spacial score (nSPS) is 56.0. The van der Waals surface area contributed by atoms with Crippen molar-refractivity contribution in [3.63, 3.8) is 0 Å². The third kappa shape index (κ3) is 1.71. The molecule has 6 nitrogen and oxygen atoms in total. The molecule has 0 amide bonds. The number of aliphatic hydroxyl groups is 1. The van der Waals surface area contributed by atoms with E-state index in [2.05, 4.69) is 19.9 Å². The van der Waals surface area contributed by atoms with Crippen LogP contribution >= 0.6 is 0 Å². The van der Waals surface area contributed by atoms with Gasteiger partial charge in [-0.1, -0.05) is 13.8 Å². The second kappa shape index (κ2) is 5.30. The average Bonchev–Trinajstić information content (AvgIpc) is 3.31. The number of hydrogen-bond acceptors (Lipinski definition) is 6. The highest BCUT2D eigenvalue weighted by molar-refractivity contribution is 6.00. The smallest absolute Gasteiger partial charge is 0.306 e. The number of fused-ring (bicyclic) bond motifs is 7. The number of ether oxygens (including phenoxy) is 1. The van der Waals surface area contributed by atoms with E-state index in [0.717, 1.165) is 19.3 Å². The number of nitrogens with two attached hydrogens (primary N) is 1. The molecule has 1 aliphatic heterocycles. The van der Waals surface area contributed by atoms with Crippen LogP contribution in [-0.2, 0) is 14.3 Å². The van der Waals surface area contributed by atoms with Crippen LogP contribution in [0, 0.1) is 51.2 Å². The van der Waals surface area contributed by atoms with Crippen molar-refractivity contribution < 1.29 is 19.4 Å². The summed E-state index contributed by atoms with van der Waals surface area (Å²) in [7, 11) is 0. The number of ketones is 1. The van der Waals surface area contributed by atoms with Crippen molar-refractivity contribution in [3.05, 3.63) is 11.3 Å². The van der Waals surface area contributed by atoms with Crippen molar-refractivity contribution >= 4 is 11.8 Å². The van der Waals surface area contributed by atoms with Crippen LogP contribution in [0.5, 0.6) is 0 Å². The van der Waals surface area contributed by atoms with Crippen molar-refractivity contribution in [3.8, 4) is 6.07 Å². The van der Waals surface area contributed by atoms with Crippen LogP contribution in [0.4, 0.5) is 0 Å². The number of Topliss-reactive ketones (excluding diaryl/α,β-unsaturated/α-hetero) is 1. The van der Waals surface area contributed by atoms with Gasteiger partial charge in [0.15, 0.2) is 5.78 Å². The summed E-state index contributed by atoms with van der Waals surface area (Å²) in [5.41, 5.74) is 5.72. The van der Waals surface area contributed by atoms with Gasteiger partial charge in [0, 0.05) is 35.4 Å². The van der Waals surface area contributed by atoms with Gasteiger partial charge in [0.2, 0.25) is 0 Å². The molecule has 4 saturated carbocycles. The van der Waals surface area contributed by atoms with Gasteiger partial charge in [-0.25, -0.2) is 0 Å². The molecule has 0 aromatic carbocycles. The van der Waals surface area contributed by atoms with E-state index in [1.807, 2.05) is 0 Å². The molecule has 0 radical (unpaired) electrons. The summed E-state index contributed by atoms with van der Waals surface area (Å²) < 4.78 is 5.99. The summed E-state index contributed by atoms with van der Waals surface area (Å²) >= 11 is 0. The number of nitriles is 1. The van der Waals surface area contributed by atoms with Crippen molar-refractivity contribution in [2.24, 2.45) is 45.7 Å². The first-order valence-corrected chi connectivity index (χ1v) is 11.5. The lowest BCUT2D eigenvalue weighted by atomic mass is 9.39. The second-order valence-corrected chi connectivity index (χ2v) is 11.4. The predicted molar refractivity (Wildman–Crippen MR) is 106 cm³/mol. The summed E-state index contributed by atoms with van der Waals surface area (Å²) in [6.45, 7) is 4.33. The molecule has 0 aromatic rings. The van der Waals surface area contributed by atoms with Crippen molar-refractivity contribution in [2.75, 3.05) is 0 Å². The Morgan fingerprint density at radius 1 is 1.13 bits per heavy atom. The lowest BCUT2D eigenvalue weighted by molar-refractivity contribution is -0.209. The van der Waals surface area contributed by atoms with Crippen molar-refractivity contribution in [2.45, 2.75) is 76.9 Å². The zero-order chi connectivity index (χ0) is 21.3. The highest BCUT2D eigenvalue weighted by atomic mass is 16.6. The van der Waals surface area contributed by atoms with E-state index in [4.69, 9.17) is 10.5 Å². The minimum Gasteiger partial charge on any atom is -0.458 e. The second-order valence-electron chi connectivity index (χ2n) is 11.4. The standard InChI is InChI=1S/C24H30N2O4/c1-21-6-4-14(27)19-20(26)12(9-23(19,21)11-25)17-13-3-7-24(8-5-16(29)30-24)22(13,2)10-15(28)18(17)21/h12-13,15,17-18,28H,3-10,26H2,1-2H3/t12-,13?,15?,17?,18?,21-,22+,23?,24-/m1/s1. The molecule has 1 saturated heterocycles. The van der Waals surface area contributed by atoms with Gasteiger partial charge in [0.25, 0.3) is 0 Å². The van der Waals surface area contributed by atoms with Gasteiger partial charge < -0.3 is 15.6 Å². The molecule has 0 aromatic heterocycles. The SMILES string of the molecule is C[C@]12CC(O)C3C(C1CC[C@@]21CCC(=O)O1)[C@H]1CC2(C#N)C(=C1N)C(=O)CC[C@]32C. The van der Waals surface area contributed by atoms with Gasteiger partial charge in [-0.2, -0.15) is 5.26 Å². The number of aliphatic hydroxyl groups excluding tert-OH is 1. The van der Waals surface area contributed by atoms with Crippen LogP contribution in [0.3, 0.4) is 0 Å². The van der Waals surface area contributed by atoms with Crippen LogP contribution in [-0.4, -0.2) is 28.6 Å². The molecule has 6 aliphatic rings. The van der Waals surface area contributed by atoms with Gasteiger partial charge in [0.05, 0.1) is 17.6 Å². The fourth-order valence-electron chi connectivity index (χ4n) is 9.56. The van der Waals surface area contributed by atoms with E-state index < -0.39 is 22.5 Å². The summed E-state index contributed by atoms with van der Waals surface area (Å²) in [5, 5.41) is 22.0. The predicted octanol–water partition coefficient (Wildman–Crippen LogP) is 2.60. The molecule has 30 heavy (non-hydrogen) atoms. The van der Waals surface area contributed by atoms with Crippen molar-refractivity contribution in [1.82, 2.24) is 0 Å². The maximum atomic E-state index is 12.9. The Bertz CT molecular complexity index is 967. The molecule has 1 heterocycles. The van der Waals surface area contributed by atoms with E-state index in [9.17, 15) is 20.0 Å². The van der Waals surface area contributed by atoms with Crippen LogP contribution in [0.25, 0.3) is 0 Å². The highest BCUT2D eigenvalue weighted by Crippen LogP contribution is 2.76. The van der Waals surface area contributed by atoms with Crippen LogP contribution in [0.1, 0.15) is 65.2 Å². The van der Waals surface area contributed by atoms with Crippen LogP contribution in [0.15, 0.2) is 11.3 Å². The first-order chi connectivity index (χ1) is 14.1. The number of rotatable bonds is 0. The van der Waals surface area contributed by atoms with Gasteiger partial charge in [0.1, 0.15) is 5.60 Å². The van der Waals surface area contributed by atoms with Crippen molar-refractivity contribution in [1.29, 1.82) is 5.26 Å². The molecule has 5 aliphatic carbocycles. The lowest BCUT2D eigenvalue weighted by Gasteiger charge is -2.64. The number of allylic oxidation sites excluding steroid dienone is 2. The maximum Gasteiger partial charge on any atom is 0.306 e. The summed E-state index contributed by atoms with van der Waals surface area (Å²) in [6, 6.07) is 2.55. The highest BCUT2D eigenvalue weighted by Gasteiger charge is 2.76. The first-order valence-electron chi connectivity index (χ1n) is 11.5. The zero-order valence-corrected chi connectivity index (χ0v) is 17.7. The Balaban J connectivity index is 1.53. The fraction of sp³-hybridized carbons (Fsp3) is 0.792. The third-order valence-corrected chi connectivity index (χ3v) is 10.8. The number of nitrogens with zero attached hydrogens (tertiary/aromatic N) is 1. The minimum atomic E-state index is -0.872. The Morgan fingerprint density at radius 2 is 1.90 bits per heavy atom. The first kappa shape index (κ1) is 18.9. The van der Waals surface area contributed by atoms with E-state index in [-0.39, 0.29) is 40.8 Å². The van der Waals surface area contributed by atoms with E-state index in [0.29, 0.717) is 43.4 Å². The molecule has 6 heteroatoms. The molecule has 3 N–H and O–H groups in total. The molecule has 6 rings (SSSR count). The molecule has 5 unspecified atom stereocenters. The molecule has 160 valence electrons. The zero-order valence-electron chi connectivity index (χ0n) is 17.7. The molecule has 5 fully saturated rings. The fourth-order valence-corrected chi connectivity index (χ4v) is 9.56. The van der Waals surface area contributed by atoms with Crippen LogP contribution in [0.2, 0.25) is 0 Å². The molecular formula is C24H30N2O4. The van der Waals surface area contributed by atoms with Gasteiger partial charge in [-0.3, -0.25) is 9.59 Å². The Morgan fingerprint density at radius 3 is 2.57 bits per heavy atom. The summed E-state index contributed by atoms with van der Waals surface area (Å²) in [5.74, 6) is 0.169. The molecule has 2 bridgehead atoms. The van der Waals surface area contributed by atoms with Gasteiger partial charge >= 0.3 is 5.97 Å². The molecular weight excluding hydrogens is 380 g/mol. The largest absolute Gasteiger partial charge is 0.458 e. The Kier molecular flexibility index (Phi) is 3.33. The van der Waals surface area contributed by atoms with Crippen LogP contribution < -0.4 is 5.73 Å². The topological polar surface area (TPSA) is 113 Å². The quantitative estimate of drug-likeness (QED) is 0.594. The number of esters is 1. The number of carbonyl (C=O) groups excluding carboxylic acids is 2. The lowest BCUT2D eigenvalue weighted by Crippen LogP contribution is -2.64. The van der Waals surface area contributed by atoms with E-state index in [1.165, 1.54) is 0 Å². The monoisotopic (exact) mass is 410 g/mol.